The Kier molecular flexibility index (Phi) is 3.90. The van der Waals surface area contributed by atoms with Gasteiger partial charge >= 0.3 is 0 Å². The van der Waals surface area contributed by atoms with E-state index in [1.807, 2.05) is 0 Å². The molecule has 0 aromatic carbocycles. The van der Waals surface area contributed by atoms with E-state index in [0.29, 0.717) is 0 Å². The number of aromatic nitrogens is 1. The zero-order chi connectivity index (χ0) is 11.4. The molecular formula is C10H13NO4. The Balaban J connectivity index is 2.94. The fourth-order valence-electron chi connectivity index (χ4n) is 1.11. The van der Waals surface area contributed by atoms with Crippen LogP contribution in [-0.4, -0.2) is 38.8 Å². The van der Waals surface area contributed by atoms with Crippen LogP contribution in [-0.2, 0) is 0 Å². The van der Waals surface area contributed by atoms with Crippen molar-refractivity contribution in [3.8, 4) is 0 Å². The second kappa shape index (κ2) is 4.97. The average Bonchev–Trinajstić information content (AvgIpc) is 2.27. The lowest BCUT2D eigenvalue weighted by Gasteiger charge is -2.15. The Morgan fingerprint density at radius 1 is 1.47 bits per heavy atom. The number of rotatable bonds is 4. The zero-order valence-corrected chi connectivity index (χ0v) is 8.29. The molecule has 0 fully saturated rings. The van der Waals surface area contributed by atoms with Gasteiger partial charge in [0.1, 0.15) is 17.9 Å². The molecule has 82 valence electrons. The van der Waals surface area contributed by atoms with E-state index in [1.54, 1.807) is 6.07 Å². The molecule has 5 heteroatoms. The molecule has 1 rings (SSSR count). The number of aliphatic hydroxyl groups excluding tert-OH is 3. The molecule has 0 aliphatic carbocycles. The SMILES string of the molecule is CC(=O)c1cccc(C(O)C(O)CO)n1. The summed E-state index contributed by atoms with van der Waals surface area (Å²) >= 11 is 0. The summed E-state index contributed by atoms with van der Waals surface area (Å²) in [6, 6.07) is 4.56. The summed E-state index contributed by atoms with van der Waals surface area (Å²) in [6.45, 7) is 0.800. The van der Waals surface area contributed by atoms with Crippen LogP contribution < -0.4 is 0 Å². The Hall–Kier alpha value is -1.30. The van der Waals surface area contributed by atoms with Crippen LogP contribution in [0.3, 0.4) is 0 Å². The molecule has 0 saturated carbocycles. The van der Waals surface area contributed by atoms with Crippen molar-refractivity contribution in [2.45, 2.75) is 19.1 Å². The molecule has 5 nitrogen and oxygen atoms in total. The van der Waals surface area contributed by atoms with E-state index in [9.17, 15) is 15.0 Å². The number of Topliss-reactive ketones (excluding diaryl/α,β-unsaturated/α-hetero) is 1. The van der Waals surface area contributed by atoms with Gasteiger partial charge in [0.05, 0.1) is 12.3 Å². The first-order chi connectivity index (χ1) is 7.06. The van der Waals surface area contributed by atoms with Crippen molar-refractivity contribution in [2.24, 2.45) is 0 Å². The summed E-state index contributed by atoms with van der Waals surface area (Å²) in [4.78, 5) is 14.9. The molecule has 0 aliphatic heterocycles. The van der Waals surface area contributed by atoms with Gasteiger partial charge in [-0.3, -0.25) is 4.79 Å². The minimum Gasteiger partial charge on any atom is -0.394 e. The van der Waals surface area contributed by atoms with Crippen molar-refractivity contribution in [1.82, 2.24) is 4.98 Å². The lowest BCUT2D eigenvalue weighted by Crippen LogP contribution is -2.23. The first-order valence-electron chi connectivity index (χ1n) is 4.51. The molecule has 2 unspecified atom stereocenters. The van der Waals surface area contributed by atoms with Crippen LogP contribution in [0.4, 0.5) is 0 Å². The van der Waals surface area contributed by atoms with Crippen LogP contribution in [0.2, 0.25) is 0 Å². The van der Waals surface area contributed by atoms with Gasteiger partial charge in [0.25, 0.3) is 0 Å². The monoisotopic (exact) mass is 211 g/mol. The Labute approximate surface area is 87.0 Å². The van der Waals surface area contributed by atoms with Crippen LogP contribution in [0.5, 0.6) is 0 Å². The van der Waals surface area contributed by atoms with Gasteiger partial charge in [-0.05, 0) is 12.1 Å². The quantitative estimate of drug-likeness (QED) is 0.593. The second-order valence-electron chi connectivity index (χ2n) is 3.20. The number of carbonyl (C=O) groups excluding carboxylic acids is 1. The topological polar surface area (TPSA) is 90.7 Å². The van der Waals surface area contributed by atoms with Crippen LogP contribution in [0, 0.1) is 0 Å². The third-order valence-electron chi connectivity index (χ3n) is 1.99. The molecule has 1 heterocycles. The first kappa shape index (κ1) is 11.8. The number of nitrogens with zero attached hydrogens (tertiary/aromatic N) is 1. The molecule has 0 spiro atoms. The van der Waals surface area contributed by atoms with Crippen molar-refractivity contribution < 1.29 is 20.1 Å². The van der Waals surface area contributed by atoms with E-state index in [4.69, 9.17) is 5.11 Å². The molecule has 0 bridgehead atoms. The molecule has 0 amide bonds. The number of pyridine rings is 1. The van der Waals surface area contributed by atoms with Crippen molar-refractivity contribution >= 4 is 5.78 Å². The van der Waals surface area contributed by atoms with Gasteiger partial charge in [-0.2, -0.15) is 0 Å². The minimum absolute atomic E-state index is 0.171. The third-order valence-corrected chi connectivity index (χ3v) is 1.99. The highest BCUT2D eigenvalue weighted by atomic mass is 16.4. The fourth-order valence-corrected chi connectivity index (χ4v) is 1.11. The minimum atomic E-state index is -1.29. The van der Waals surface area contributed by atoms with Gasteiger partial charge in [-0.15, -0.1) is 0 Å². The summed E-state index contributed by atoms with van der Waals surface area (Å²) in [7, 11) is 0. The molecule has 3 N–H and O–H groups in total. The smallest absolute Gasteiger partial charge is 0.178 e. The van der Waals surface area contributed by atoms with Crippen LogP contribution in [0.15, 0.2) is 18.2 Å². The summed E-state index contributed by atoms with van der Waals surface area (Å²) in [5, 5.41) is 27.3. The van der Waals surface area contributed by atoms with Crippen molar-refractivity contribution in [3.05, 3.63) is 29.6 Å². The van der Waals surface area contributed by atoms with Crippen molar-refractivity contribution in [2.75, 3.05) is 6.61 Å². The lowest BCUT2D eigenvalue weighted by atomic mass is 10.1. The Morgan fingerprint density at radius 3 is 2.67 bits per heavy atom. The number of ketones is 1. The van der Waals surface area contributed by atoms with Gasteiger partial charge in [0.15, 0.2) is 5.78 Å². The highest BCUT2D eigenvalue weighted by molar-refractivity contribution is 5.92. The molecule has 1 aromatic heterocycles. The van der Waals surface area contributed by atoms with Gasteiger partial charge < -0.3 is 15.3 Å². The molecule has 0 saturated heterocycles. The highest BCUT2D eigenvalue weighted by Gasteiger charge is 2.19. The van der Waals surface area contributed by atoms with Crippen LogP contribution in [0.25, 0.3) is 0 Å². The summed E-state index contributed by atoms with van der Waals surface area (Å²) in [5.41, 5.74) is 0.390. The van der Waals surface area contributed by atoms with E-state index >= 15 is 0 Å². The van der Waals surface area contributed by atoms with E-state index in [0.717, 1.165) is 0 Å². The maximum atomic E-state index is 11.0. The first-order valence-corrected chi connectivity index (χ1v) is 4.51. The van der Waals surface area contributed by atoms with E-state index in [1.165, 1.54) is 19.1 Å². The fraction of sp³-hybridized carbons (Fsp3) is 0.400. The van der Waals surface area contributed by atoms with E-state index in [-0.39, 0.29) is 17.2 Å². The summed E-state index contributed by atoms with van der Waals surface area (Å²) in [5.74, 6) is -0.220. The molecule has 0 aliphatic rings. The standard InChI is InChI=1S/C10H13NO4/c1-6(13)7-3-2-4-8(11-7)10(15)9(14)5-12/h2-4,9-10,12,14-15H,5H2,1H3. The predicted octanol–water partition coefficient (Wildman–Crippen LogP) is -0.329. The maximum Gasteiger partial charge on any atom is 0.178 e. The number of hydrogen-bond donors (Lipinski definition) is 3. The number of hydrogen-bond acceptors (Lipinski definition) is 5. The number of aliphatic hydroxyl groups is 3. The predicted molar refractivity (Wildman–Crippen MR) is 52.3 cm³/mol. The van der Waals surface area contributed by atoms with Gasteiger partial charge in [-0.1, -0.05) is 6.07 Å². The van der Waals surface area contributed by atoms with E-state index < -0.39 is 18.8 Å². The summed E-state index contributed by atoms with van der Waals surface area (Å²) < 4.78 is 0. The number of carbonyl (C=O) groups is 1. The van der Waals surface area contributed by atoms with Crippen molar-refractivity contribution in [3.63, 3.8) is 0 Å². The van der Waals surface area contributed by atoms with Gasteiger partial charge in [0, 0.05) is 6.92 Å². The Morgan fingerprint density at radius 2 is 2.13 bits per heavy atom. The highest BCUT2D eigenvalue weighted by Crippen LogP contribution is 2.14. The van der Waals surface area contributed by atoms with Crippen LogP contribution >= 0.6 is 0 Å². The average molecular weight is 211 g/mol. The molecule has 15 heavy (non-hydrogen) atoms. The summed E-state index contributed by atoms with van der Waals surface area (Å²) in [6.07, 6.45) is -2.57. The van der Waals surface area contributed by atoms with Crippen molar-refractivity contribution in [1.29, 1.82) is 0 Å². The Bertz CT molecular complexity index is 353. The van der Waals surface area contributed by atoms with Crippen LogP contribution in [0.1, 0.15) is 29.2 Å². The largest absolute Gasteiger partial charge is 0.394 e. The second-order valence-corrected chi connectivity index (χ2v) is 3.20. The zero-order valence-electron chi connectivity index (χ0n) is 8.29. The molecule has 2 atom stereocenters. The molecule has 0 radical (unpaired) electrons. The lowest BCUT2D eigenvalue weighted by molar-refractivity contribution is -0.0173. The maximum absolute atomic E-state index is 11.0. The van der Waals surface area contributed by atoms with E-state index in [2.05, 4.69) is 4.98 Å². The van der Waals surface area contributed by atoms with Gasteiger partial charge in [-0.25, -0.2) is 4.98 Å². The molecule has 1 aromatic rings. The molecular weight excluding hydrogens is 198 g/mol. The normalized spacial score (nSPS) is 14.7. The van der Waals surface area contributed by atoms with Gasteiger partial charge in [0.2, 0.25) is 0 Å². The third kappa shape index (κ3) is 2.82.